The molecule has 1 saturated heterocycles. The molecule has 0 aliphatic carbocycles. The zero-order chi connectivity index (χ0) is 12.4. The number of para-hydroxylation sites is 1. The Bertz CT molecular complexity index is 424. The Morgan fingerprint density at radius 2 is 2.00 bits per heavy atom. The van der Waals surface area contributed by atoms with E-state index >= 15 is 0 Å². The van der Waals surface area contributed by atoms with Gasteiger partial charge in [0, 0.05) is 13.0 Å². The molecule has 2 rings (SSSR count). The number of ether oxygens (including phenoxy) is 1. The van der Waals surface area contributed by atoms with Crippen molar-refractivity contribution in [3.05, 3.63) is 29.8 Å². The number of carboxylic acids is 1. The molecule has 1 aliphatic rings. The van der Waals surface area contributed by atoms with E-state index in [9.17, 15) is 13.6 Å². The smallest absolute Gasteiger partial charge is 0.320 e. The van der Waals surface area contributed by atoms with E-state index in [4.69, 9.17) is 9.84 Å². The highest BCUT2D eigenvalue weighted by atomic mass is 35.5. The van der Waals surface area contributed by atoms with Crippen LogP contribution in [0.4, 0.5) is 8.78 Å². The Labute approximate surface area is 108 Å². The lowest BCUT2D eigenvalue weighted by Gasteiger charge is -2.13. The number of halogens is 3. The molecule has 0 radical (unpaired) electrons. The first kappa shape index (κ1) is 14.7. The van der Waals surface area contributed by atoms with Gasteiger partial charge < -0.3 is 15.2 Å². The number of carboxylic acid groups (broad SMARTS) is 1. The topological polar surface area (TPSA) is 58.6 Å². The van der Waals surface area contributed by atoms with Gasteiger partial charge in [0.25, 0.3) is 0 Å². The van der Waals surface area contributed by atoms with E-state index in [1.54, 1.807) is 0 Å². The van der Waals surface area contributed by atoms with Crippen molar-refractivity contribution < 1.29 is 23.4 Å². The van der Waals surface area contributed by atoms with Gasteiger partial charge in [0.2, 0.25) is 0 Å². The summed E-state index contributed by atoms with van der Waals surface area (Å²) in [5, 5.41) is 11.4. The minimum absolute atomic E-state index is 0. The molecule has 0 amide bonds. The third-order valence-electron chi connectivity index (χ3n) is 2.59. The molecule has 100 valence electrons. The molecule has 2 atom stereocenters. The molecule has 0 bridgehead atoms. The van der Waals surface area contributed by atoms with Crippen LogP contribution in [0.15, 0.2) is 18.2 Å². The first-order valence-electron chi connectivity index (χ1n) is 5.15. The van der Waals surface area contributed by atoms with Crippen molar-refractivity contribution in [2.75, 3.05) is 6.54 Å². The van der Waals surface area contributed by atoms with Crippen molar-refractivity contribution in [3.63, 3.8) is 0 Å². The largest absolute Gasteiger partial charge is 0.483 e. The van der Waals surface area contributed by atoms with Crippen LogP contribution in [0.5, 0.6) is 5.75 Å². The van der Waals surface area contributed by atoms with Gasteiger partial charge in [-0.2, -0.15) is 0 Å². The second kappa shape index (κ2) is 5.97. The SMILES string of the molecule is Cl.O=C(O)C1CC(Oc2c(F)cccc2F)CN1. The summed E-state index contributed by atoms with van der Waals surface area (Å²) in [7, 11) is 0. The molecule has 7 heteroatoms. The Kier molecular flexibility index (Phi) is 4.86. The normalized spacial score (nSPS) is 22.3. The van der Waals surface area contributed by atoms with Gasteiger partial charge in [-0.25, -0.2) is 8.78 Å². The van der Waals surface area contributed by atoms with Crippen LogP contribution in [0.1, 0.15) is 6.42 Å². The molecule has 0 saturated carbocycles. The van der Waals surface area contributed by atoms with Gasteiger partial charge in [-0.3, -0.25) is 4.79 Å². The number of hydrogen-bond acceptors (Lipinski definition) is 3. The average Bonchev–Trinajstić information content (AvgIpc) is 2.72. The standard InChI is InChI=1S/C11H11F2NO3.ClH/c12-7-2-1-3-8(13)10(7)17-6-4-9(11(15)16)14-5-6;/h1-3,6,9,14H,4-5H2,(H,15,16);1H. The van der Waals surface area contributed by atoms with E-state index in [1.807, 2.05) is 0 Å². The summed E-state index contributed by atoms with van der Waals surface area (Å²) in [5.74, 6) is -3.03. The van der Waals surface area contributed by atoms with Crippen LogP contribution in [0.3, 0.4) is 0 Å². The van der Waals surface area contributed by atoms with E-state index in [-0.39, 0.29) is 25.4 Å². The number of rotatable bonds is 3. The quantitative estimate of drug-likeness (QED) is 0.882. The highest BCUT2D eigenvalue weighted by Gasteiger charge is 2.31. The molecule has 18 heavy (non-hydrogen) atoms. The highest BCUT2D eigenvalue weighted by molar-refractivity contribution is 5.85. The zero-order valence-electron chi connectivity index (χ0n) is 9.23. The number of benzene rings is 1. The molecule has 2 unspecified atom stereocenters. The van der Waals surface area contributed by atoms with Crippen molar-refractivity contribution in [1.29, 1.82) is 0 Å². The summed E-state index contributed by atoms with van der Waals surface area (Å²) in [6, 6.07) is 2.70. The fourth-order valence-electron chi connectivity index (χ4n) is 1.74. The summed E-state index contributed by atoms with van der Waals surface area (Å²) >= 11 is 0. The molecule has 1 aromatic rings. The van der Waals surface area contributed by atoms with Gasteiger partial charge in [-0.15, -0.1) is 12.4 Å². The number of carbonyl (C=O) groups is 1. The second-order valence-corrected chi connectivity index (χ2v) is 3.83. The Hall–Kier alpha value is -1.40. The monoisotopic (exact) mass is 279 g/mol. The number of nitrogens with one attached hydrogen (secondary N) is 1. The van der Waals surface area contributed by atoms with E-state index in [1.165, 1.54) is 6.07 Å². The lowest BCUT2D eigenvalue weighted by molar-refractivity contribution is -0.139. The number of aliphatic carboxylic acids is 1. The van der Waals surface area contributed by atoms with Crippen molar-refractivity contribution in [2.45, 2.75) is 18.6 Å². The molecular weight excluding hydrogens is 268 g/mol. The van der Waals surface area contributed by atoms with Crippen molar-refractivity contribution in [3.8, 4) is 5.75 Å². The summed E-state index contributed by atoms with van der Waals surface area (Å²) in [4.78, 5) is 10.7. The molecule has 1 aromatic carbocycles. The van der Waals surface area contributed by atoms with Crippen LogP contribution in [0, 0.1) is 11.6 Å². The minimum atomic E-state index is -0.995. The van der Waals surface area contributed by atoms with Crippen LogP contribution in [-0.4, -0.2) is 29.8 Å². The zero-order valence-corrected chi connectivity index (χ0v) is 10.0. The maximum absolute atomic E-state index is 13.3. The lowest BCUT2D eigenvalue weighted by Crippen LogP contribution is -2.30. The van der Waals surface area contributed by atoms with E-state index in [0.29, 0.717) is 0 Å². The van der Waals surface area contributed by atoms with Gasteiger partial charge >= 0.3 is 5.97 Å². The predicted octanol–water partition coefficient (Wildman–Crippen LogP) is 1.58. The van der Waals surface area contributed by atoms with Gasteiger partial charge in [0.05, 0.1) is 0 Å². The summed E-state index contributed by atoms with van der Waals surface area (Å²) < 4.78 is 31.7. The molecule has 4 nitrogen and oxygen atoms in total. The summed E-state index contributed by atoms with van der Waals surface area (Å²) in [5.41, 5.74) is 0. The molecule has 2 N–H and O–H groups in total. The van der Waals surface area contributed by atoms with Gasteiger partial charge in [0.15, 0.2) is 17.4 Å². The van der Waals surface area contributed by atoms with Gasteiger partial charge in [-0.05, 0) is 12.1 Å². The Morgan fingerprint density at radius 3 is 2.50 bits per heavy atom. The van der Waals surface area contributed by atoms with Crippen LogP contribution < -0.4 is 10.1 Å². The minimum Gasteiger partial charge on any atom is -0.483 e. The van der Waals surface area contributed by atoms with Crippen LogP contribution >= 0.6 is 12.4 Å². The Balaban J connectivity index is 0.00000162. The fourth-order valence-corrected chi connectivity index (χ4v) is 1.74. The molecule has 1 fully saturated rings. The van der Waals surface area contributed by atoms with Crippen LogP contribution in [0.25, 0.3) is 0 Å². The summed E-state index contributed by atoms with van der Waals surface area (Å²) in [6.45, 7) is 0.255. The Morgan fingerprint density at radius 1 is 1.39 bits per heavy atom. The number of hydrogen-bond donors (Lipinski definition) is 2. The third kappa shape index (κ3) is 3.08. The third-order valence-corrected chi connectivity index (χ3v) is 2.59. The first-order chi connectivity index (χ1) is 8.08. The van der Waals surface area contributed by atoms with E-state index in [2.05, 4.69) is 5.32 Å². The average molecular weight is 280 g/mol. The molecule has 1 heterocycles. The summed E-state index contributed by atoms with van der Waals surface area (Å²) in [6.07, 6.45) is -0.356. The van der Waals surface area contributed by atoms with Gasteiger partial charge in [0.1, 0.15) is 12.1 Å². The van der Waals surface area contributed by atoms with E-state index < -0.39 is 35.5 Å². The molecule has 1 aliphatic heterocycles. The molecule has 0 spiro atoms. The van der Waals surface area contributed by atoms with Crippen molar-refractivity contribution in [2.24, 2.45) is 0 Å². The first-order valence-corrected chi connectivity index (χ1v) is 5.15. The van der Waals surface area contributed by atoms with Crippen LogP contribution in [0.2, 0.25) is 0 Å². The van der Waals surface area contributed by atoms with Crippen LogP contribution in [-0.2, 0) is 4.79 Å². The molecular formula is C11H12ClF2NO3. The van der Waals surface area contributed by atoms with Gasteiger partial charge in [-0.1, -0.05) is 6.07 Å². The lowest BCUT2D eigenvalue weighted by atomic mass is 10.2. The van der Waals surface area contributed by atoms with E-state index in [0.717, 1.165) is 12.1 Å². The maximum Gasteiger partial charge on any atom is 0.320 e. The van der Waals surface area contributed by atoms with Crippen molar-refractivity contribution in [1.82, 2.24) is 5.32 Å². The second-order valence-electron chi connectivity index (χ2n) is 3.83. The highest BCUT2D eigenvalue weighted by Crippen LogP contribution is 2.24. The predicted molar refractivity (Wildman–Crippen MR) is 62.1 cm³/mol. The fraction of sp³-hybridized carbons (Fsp3) is 0.364. The maximum atomic E-state index is 13.3. The molecule has 0 aromatic heterocycles. The van der Waals surface area contributed by atoms with Crippen molar-refractivity contribution >= 4 is 18.4 Å².